The SMILES string of the molecule is CC(C)(C)O.CCOC(=O)Cc1c(C)cc2nc(N3CCN=C(c4ccc(NC)c(C=N)c4)C3=O)sc2c1-c1ccc(Cl)cc1. The summed E-state index contributed by atoms with van der Waals surface area (Å²) in [4.78, 5) is 37.3. The maximum atomic E-state index is 13.7. The van der Waals surface area contributed by atoms with E-state index in [0.717, 1.165) is 38.2 Å². The number of ether oxygens (including phenoxy) is 1. The predicted molar refractivity (Wildman–Crippen MR) is 185 cm³/mol. The second kappa shape index (κ2) is 14.3. The number of hydrogen-bond donors (Lipinski definition) is 3. The average molecular weight is 648 g/mol. The molecular weight excluding hydrogens is 610 g/mol. The van der Waals surface area contributed by atoms with Crippen LogP contribution in [0.2, 0.25) is 5.02 Å². The lowest BCUT2D eigenvalue weighted by Crippen LogP contribution is -2.42. The molecule has 45 heavy (non-hydrogen) atoms. The van der Waals surface area contributed by atoms with Crippen molar-refractivity contribution < 1.29 is 19.4 Å². The van der Waals surface area contributed by atoms with Gasteiger partial charge in [-0.3, -0.25) is 19.5 Å². The molecule has 11 heteroatoms. The number of halogens is 1. The second-order valence-corrected chi connectivity index (χ2v) is 12.8. The normalized spacial score (nSPS) is 13.2. The van der Waals surface area contributed by atoms with Crippen molar-refractivity contribution in [2.24, 2.45) is 4.99 Å². The zero-order valence-electron chi connectivity index (χ0n) is 26.3. The Balaban J connectivity index is 0.000000854. The van der Waals surface area contributed by atoms with Gasteiger partial charge in [0.05, 0.1) is 35.4 Å². The Bertz CT molecular complexity index is 1750. The van der Waals surface area contributed by atoms with E-state index in [9.17, 15) is 9.59 Å². The number of thiazole rings is 1. The van der Waals surface area contributed by atoms with Gasteiger partial charge in [-0.2, -0.15) is 0 Å². The maximum Gasteiger partial charge on any atom is 0.310 e. The van der Waals surface area contributed by atoms with Gasteiger partial charge in [-0.15, -0.1) is 0 Å². The molecule has 1 aromatic heterocycles. The standard InChI is InChI=1S/C30H28ClN5O3S.C4H10O/c1-4-39-25(37)15-22-17(2)13-24-28(26(22)18-5-8-21(31)9-6-18)40-30(35-24)36-12-11-34-27(29(36)38)19-7-10-23(33-3)20(14-19)16-32;1-4(2,3)5/h5-10,13-14,16,32-33H,4,11-12,15H2,1-3H3;5H,1-3H3. The number of carbonyl (C=O) groups excluding carboxylic acids is 2. The molecule has 1 aliphatic heterocycles. The summed E-state index contributed by atoms with van der Waals surface area (Å²) in [6.07, 6.45) is 1.38. The van der Waals surface area contributed by atoms with E-state index in [1.165, 1.54) is 17.6 Å². The molecule has 9 nitrogen and oxygen atoms in total. The molecule has 0 spiro atoms. The van der Waals surface area contributed by atoms with Crippen molar-refractivity contribution in [2.45, 2.75) is 46.6 Å². The van der Waals surface area contributed by atoms with Crippen LogP contribution in [0.1, 0.15) is 49.9 Å². The topological polar surface area (TPSA) is 128 Å². The van der Waals surface area contributed by atoms with E-state index < -0.39 is 5.60 Å². The third kappa shape index (κ3) is 8.13. The van der Waals surface area contributed by atoms with Crippen LogP contribution < -0.4 is 10.2 Å². The number of amides is 1. The Morgan fingerprint density at radius 2 is 1.84 bits per heavy atom. The van der Waals surface area contributed by atoms with E-state index in [-0.39, 0.29) is 18.3 Å². The molecule has 0 fully saturated rings. The van der Waals surface area contributed by atoms with Crippen LogP contribution in [0.4, 0.5) is 10.8 Å². The molecule has 1 amide bonds. The quantitative estimate of drug-likeness (QED) is 0.145. The highest BCUT2D eigenvalue weighted by Crippen LogP contribution is 2.41. The summed E-state index contributed by atoms with van der Waals surface area (Å²) in [5.74, 6) is -0.541. The highest BCUT2D eigenvalue weighted by atomic mass is 35.5. The fraction of sp³-hybridized carbons (Fsp3) is 0.324. The van der Waals surface area contributed by atoms with E-state index >= 15 is 0 Å². The Morgan fingerprint density at radius 3 is 2.47 bits per heavy atom. The number of carbonyl (C=O) groups is 2. The molecule has 3 aromatic carbocycles. The zero-order chi connectivity index (χ0) is 32.9. The van der Waals surface area contributed by atoms with Crippen LogP contribution in [0.5, 0.6) is 0 Å². The molecule has 3 N–H and O–H groups in total. The molecule has 0 aliphatic carbocycles. The monoisotopic (exact) mass is 647 g/mol. The smallest absolute Gasteiger partial charge is 0.310 e. The van der Waals surface area contributed by atoms with Crippen LogP contribution in [0, 0.1) is 12.3 Å². The number of fused-ring (bicyclic) bond motifs is 1. The number of hydrogen-bond acceptors (Lipinski definition) is 9. The molecular formula is C34H38ClN5O4S. The molecule has 1 aliphatic rings. The molecule has 0 radical (unpaired) electrons. The summed E-state index contributed by atoms with van der Waals surface area (Å²) in [6, 6.07) is 14.9. The van der Waals surface area contributed by atoms with Crippen molar-refractivity contribution in [2.75, 3.05) is 37.0 Å². The Kier molecular flexibility index (Phi) is 10.7. The van der Waals surface area contributed by atoms with Crippen molar-refractivity contribution >= 4 is 67.8 Å². The number of rotatable bonds is 8. The second-order valence-electron chi connectivity index (χ2n) is 11.4. The minimum Gasteiger partial charge on any atom is -0.466 e. The number of aliphatic hydroxyl groups is 1. The molecule has 4 aromatic rings. The van der Waals surface area contributed by atoms with Crippen molar-refractivity contribution in [3.8, 4) is 11.1 Å². The van der Waals surface area contributed by atoms with Crippen molar-refractivity contribution in [3.63, 3.8) is 0 Å². The summed E-state index contributed by atoms with van der Waals surface area (Å²) in [5.41, 5.74) is 6.29. The van der Waals surface area contributed by atoms with Crippen LogP contribution in [0.15, 0.2) is 53.5 Å². The van der Waals surface area contributed by atoms with Crippen LogP contribution in [-0.4, -0.2) is 66.2 Å². The van der Waals surface area contributed by atoms with E-state index in [1.807, 2.05) is 49.4 Å². The summed E-state index contributed by atoms with van der Waals surface area (Å²) in [7, 11) is 1.79. The van der Waals surface area contributed by atoms with Crippen LogP contribution >= 0.6 is 22.9 Å². The summed E-state index contributed by atoms with van der Waals surface area (Å²) < 4.78 is 6.14. The fourth-order valence-corrected chi connectivity index (χ4v) is 6.15. The Morgan fingerprint density at radius 1 is 1.18 bits per heavy atom. The number of aryl methyl sites for hydroxylation is 1. The van der Waals surface area contributed by atoms with Crippen LogP contribution in [0.3, 0.4) is 0 Å². The first-order valence-corrected chi connectivity index (χ1v) is 15.8. The number of nitrogens with zero attached hydrogens (tertiary/aromatic N) is 3. The van der Waals surface area contributed by atoms with Gasteiger partial charge in [0, 0.05) is 47.2 Å². The molecule has 5 rings (SSSR count). The molecule has 0 saturated heterocycles. The average Bonchev–Trinajstić information content (AvgIpc) is 3.40. The molecule has 0 atom stereocenters. The number of anilines is 2. The lowest BCUT2D eigenvalue weighted by molar-refractivity contribution is -0.142. The van der Waals surface area contributed by atoms with E-state index in [0.29, 0.717) is 46.7 Å². The first-order chi connectivity index (χ1) is 21.3. The molecule has 2 heterocycles. The lowest BCUT2D eigenvalue weighted by Gasteiger charge is -2.24. The summed E-state index contributed by atoms with van der Waals surface area (Å²) in [6.45, 7) is 10.1. The van der Waals surface area contributed by atoms with Gasteiger partial charge in [0.15, 0.2) is 5.13 Å². The molecule has 0 unspecified atom stereocenters. The molecule has 236 valence electrons. The largest absolute Gasteiger partial charge is 0.466 e. The first kappa shape index (κ1) is 33.8. The molecule has 0 bridgehead atoms. The van der Waals surface area contributed by atoms with Crippen LogP contribution in [0.25, 0.3) is 21.3 Å². The van der Waals surface area contributed by atoms with Gasteiger partial charge < -0.3 is 20.6 Å². The van der Waals surface area contributed by atoms with E-state index in [4.69, 9.17) is 31.8 Å². The number of esters is 1. The van der Waals surface area contributed by atoms with Crippen molar-refractivity contribution in [1.29, 1.82) is 5.41 Å². The van der Waals surface area contributed by atoms with Gasteiger partial charge in [0.2, 0.25) is 0 Å². The summed E-state index contributed by atoms with van der Waals surface area (Å²) in [5, 5.41) is 20.5. The van der Waals surface area contributed by atoms with Gasteiger partial charge in [-0.05, 0) is 81.6 Å². The highest BCUT2D eigenvalue weighted by Gasteiger charge is 2.30. The van der Waals surface area contributed by atoms with Crippen LogP contribution in [-0.2, 0) is 20.7 Å². The van der Waals surface area contributed by atoms with Crippen molar-refractivity contribution in [3.05, 3.63) is 75.8 Å². The van der Waals surface area contributed by atoms with Gasteiger partial charge in [0.1, 0.15) is 5.71 Å². The predicted octanol–water partition coefficient (Wildman–Crippen LogP) is 6.68. The van der Waals surface area contributed by atoms with Gasteiger partial charge >= 0.3 is 5.97 Å². The van der Waals surface area contributed by atoms with E-state index in [1.54, 1.807) is 45.7 Å². The number of aliphatic imine (C=N–C) groups is 1. The number of nitrogens with one attached hydrogen (secondary N) is 2. The van der Waals surface area contributed by atoms with Gasteiger partial charge in [-0.1, -0.05) is 41.1 Å². The summed E-state index contributed by atoms with van der Waals surface area (Å²) >= 11 is 7.60. The van der Waals surface area contributed by atoms with Crippen molar-refractivity contribution in [1.82, 2.24) is 4.98 Å². The first-order valence-electron chi connectivity index (χ1n) is 14.6. The highest BCUT2D eigenvalue weighted by molar-refractivity contribution is 7.23. The Labute approximate surface area is 272 Å². The number of aromatic nitrogens is 1. The number of benzene rings is 3. The molecule has 0 saturated carbocycles. The van der Waals surface area contributed by atoms with Gasteiger partial charge in [-0.25, -0.2) is 4.98 Å². The lowest BCUT2D eigenvalue weighted by atomic mass is 9.93. The minimum absolute atomic E-state index is 0.123. The third-order valence-corrected chi connectivity index (χ3v) is 8.15. The Hall–Kier alpha value is -4.12. The minimum atomic E-state index is -0.500. The van der Waals surface area contributed by atoms with Gasteiger partial charge in [0.25, 0.3) is 5.91 Å². The van der Waals surface area contributed by atoms with E-state index in [2.05, 4.69) is 10.3 Å². The fourth-order valence-electron chi connectivity index (χ4n) is 4.86. The third-order valence-electron chi connectivity index (χ3n) is 6.78. The maximum absolute atomic E-state index is 13.7. The zero-order valence-corrected chi connectivity index (χ0v) is 27.9.